The van der Waals surface area contributed by atoms with Gasteiger partial charge >= 0.3 is 12.6 Å². The molecule has 0 saturated carbocycles. The zero-order valence-electron chi connectivity index (χ0n) is 10.5. The summed E-state index contributed by atoms with van der Waals surface area (Å²) in [5.41, 5.74) is 0.849. The highest BCUT2D eigenvalue weighted by Crippen LogP contribution is 2.29. The van der Waals surface area contributed by atoms with Gasteiger partial charge in [-0.05, 0) is 24.3 Å². The second kappa shape index (κ2) is 6.73. The number of carboxylic acid groups (broad SMARTS) is 1. The maximum absolute atomic E-state index is 12.1. The molecular formula is C13H10ClF2NO3S. The van der Waals surface area contributed by atoms with E-state index in [2.05, 4.69) is 10.1 Å². The molecule has 0 amide bonds. The van der Waals surface area contributed by atoms with Crippen LogP contribution in [-0.4, -0.2) is 17.7 Å². The van der Waals surface area contributed by atoms with Crippen LogP contribution in [0.5, 0.6) is 5.75 Å². The summed E-state index contributed by atoms with van der Waals surface area (Å²) in [5.74, 6) is -1.07. The van der Waals surface area contributed by atoms with E-state index in [0.29, 0.717) is 12.2 Å². The van der Waals surface area contributed by atoms with E-state index in [1.807, 2.05) is 0 Å². The number of carbonyl (C=O) groups is 1. The number of carboxylic acids is 1. The number of alkyl halides is 2. The third-order valence-corrected chi connectivity index (χ3v) is 3.75. The summed E-state index contributed by atoms with van der Waals surface area (Å²) in [7, 11) is 0. The first-order valence-electron chi connectivity index (χ1n) is 5.74. The maximum atomic E-state index is 12.1. The Balaban J connectivity index is 1.99. The van der Waals surface area contributed by atoms with Gasteiger partial charge in [0, 0.05) is 22.5 Å². The number of aromatic carboxylic acids is 1. The van der Waals surface area contributed by atoms with Crippen molar-refractivity contribution in [2.24, 2.45) is 0 Å². The Morgan fingerprint density at radius 1 is 1.43 bits per heavy atom. The van der Waals surface area contributed by atoms with Gasteiger partial charge in [-0.2, -0.15) is 8.78 Å². The number of thiophene rings is 1. The number of hydrogen-bond donors (Lipinski definition) is 2. The zero-order chi connectivity index (χ0) is 15.4. The molecule has 0 atom stereocenters. The van der Waals surface area contributed by atoms with Crippen molar-refractivity contribution in [2.45, 2.75) is 13.2 Å². The van der Waals surface area contributed by atoms with E-state index in [1.54, 1.807) is 17.5 Å². The van der Waals surface area contributed by atoms with Gasteiger partial charge in [0.25, 0.3) is 0 Å². The number of halogens is 3. The molecule has 1 heterocycles. The van der Waals surface area contributed by atoms with Gasteiger partial charge in [-0.3, -0.25) is 0 Å². The second-order valence-electron chi connectivity index (χ2n) is 3.98. The number of nitrogens with one attached hydrogen (secondary N) is 1. The summed E-state index contributed by atoms with van der Waals surface area (Å²) in [4.78, 5) is 11.6. The Labute approximate surface area is 127 Å². The Kier molecular flexibility index (Phi) is 4.98. The topological polar surface area (TPSA) is 58.6 Å². The van der Waals surface area contributed by atoms with Gasteiger partial charge in [-0.1, -0.05) is 11.6 Å². The molecule has 0 fully saturated rings. The first-order valence-corrected chi connectivity index (χ1v) is 7.00. The first kappa shape index (κ1) is 15.5. The molecule has 0 bridgehead atoms. The molecule has 2 rings (SSSR count). The Hall–Kier alpha value is -1.86. The minimum absolute atomic E-state index is 0.0673. The van der Waals surface area contributed by atoms with Crippen LogP contribution in [0.25, 0.3) is 0 Å². The molecule has 0 aliphatic carbocycles. The predicted molar refractivity (Wildman–Crippen MR) is 76.7 cm³/mol. The monoisotopic (exact) mass is 333 g/mol. The van der Waals surface area contributed by atoms with Gasteiger partial charge in [0.2, 0.25) is 0 Å². The minimum Gasteiger partial charge on any atom is -0.478 e. The lowest BCUT2D eigenvalue weighted by Crippen LogP contribution is -2.03. The van der Waals surface area contributed by atoms with Gasteiger partial charge < -0.3 is 15.2 Å². The van der Waals surface area contributed by atoms with Crippen LogP contribution >= 0.6 is 22.9 Å². The molecule has 0 spiro atoms. The molecule has 8 heteroatoms. The SMILES string of the molecule is O=C(O)c1csc(CNc2ccc(OC(F)F)c(Cl)c2)c1. The third-order valence-electron chi connectivity index (χ3n) is 2.52. The molecule has 1 aromatic carbocycles. The summed E-state index contributed by atoms with van der Waals surface area (Å²) in [6, 6.07) is 5.92. The van der Waals surface area contributed by atoms with Gasteiger partial charge in [0.1, 0.15) is 5.75 Å². The largest absolute Gasteiger partial charge is 0.478 e. The predicted octanol–water partition coefficient (Wildman–Crippen LogP) is 4.31. The van der Waals surface area contributed by atoms with Crippen LogP contribution in [0.4, 0.5) is 14.5 Å². The van der Waals surface area contributed by atoms with Crippen LogP contribution in [0.15, 0.2) is 29.6 Å². The van der Waals surface area contributed by atoms with Gasteiger partial charge in [-0.25, -0.2) is 4.79 Å². The van der Waals surface area contributed by atoms with E-state index in [-0.39, 0.29) is 16.3 Å². The quantitative estimate of drug-likeness (QED) is 0.827. The average molecular weight is 334 g/mol. The van der Waals surface area contributed by atoms with E-state index >= 15 is 0 Å². The molecule has 112 valence electrons. The van der Waals surface area contributed by atoms with Crippen molar-refractivity contribution in [3.63, 3.8) is 0 Å². The Morgan fingerprint density at radius 3 is 2.76 bits per heavy atom. The van der Waals surface area contributed by atoms with Gasteiger partial charge in [0.15, 0.2) is 0 Å². The van der Waals surface area contributed by atoms with Crippen LogP contribution in [0.2, 0.25) is 5.02 Å². The molecule has 4 nitrogen and oxygen atoms in total. The zero-order valence-corrected chi connectivity index (χ0v) is 12.0. The summed E-state index contributed by atoms with van der Waals surface area (Å²) >= 11 is 7.14. The van der Waals surface area contributed by atoms with Crippen LogP contribution in [0.1, 0.15) is 15.2 Å². The molecule has 0 radical (unpaired) electrons. The van der Waals surface area contributed by atoms with Crippen LogP contribution < -0.4 is 10.1 Å². The van der Waals surface area contributed by atoms with Crippen molar-refractivity contribution in [1.82, 2.24) is 0 Å². The molecule has 2 N–H and O–H groups in total. The van der Waals surface area contributed by atoms with E-state index < -0.39 is 12.6 Å². The van der Waals surface area contributed by atoms with E-state index in [9.17, 15) is 13.6 Å². The van der Waals surface area contributed by atoms with Crippen LogP contribution in [0, 0.1) is 0 Å². The second-order valence-corrected chi connectivity index (χ2v) is 5.39. The fourth-order valence-electron chi connectivity index (χ4n) is 1.58. The normalized spacial score (nSPS) is 10.7. The van der Waals surface area contributed by atoms with Crippen molar-refractivity contribution in [1.29, 1.82) is 0 Å². The first-order chi connectivity index (χ1) is 9.95. The molecule has 0 aliphatic rings. The molecular weight excluding hydrogens is 324 g/mol. The molecule has 1 aromatic heterocycles. The van der Waals surface area contributed by atoms with E-state index in [1.165, 1.54) is 23.5 Å². The number of anilines is 1. The molecule has 0 saturated heterocycles. The molecule has 2 aromatic rings. The Bertz CT molecular complexity index is 648. The van der Waals surface area contributed by atoms with Crippen molar-refractivity contribution in [3.8, 4) is 5.75 Å². The molecule has 0 aliphatic heterocycles. The number of benzene rings is 1. The standard InChI is InChI=1S/C13H10ClF2NO3S/c14-10-4-8(1-2-11(10)20-13(15)16)17-5-9-3-7(6-21-9)12(18)19/h1-4,6,13,17H,5H2,(H,18,19). The van der Waals surface area contributed by atoms with Crippen molar-refractivity contribution < 1.29 is 23.4 Å². The number of rotatable bonds is 6. The highest BCUT2D eigenvalue weighted by Gasteiger charge is 2.10. The lowest BCUT2D eigenvalue weighted by atomic mass is 10.3. The average Bonchev–Trinajstić information content (AvgIpc) is 2.88. The fourth-order valence-corrected chi connectivity index (χ4v) is 2.60. The number of hydrogen-bond acceptors (Lipinski definition) is 4. The van der Waals surface area contributed by atoms with Crippen LogP contribution in [-0.2, 0) is 6.54 Å². The number of ether oxygens (including phenoxy) is 1. The highest BCUT2D eigenvalue weighted by molar-refractivity contribution is 7.10. The summed E-state index contributed by atoms with van der Waals surface area (Å²) in [5, 5.41) is 13.5. The fraction of sp³-hybridized carbons (Fsp3) is 0.154. The maximum Gasteiger partial charge on any atom is 0.387 e. The highest BCUT2D eigenvalue weighted by atomic mass is 35.5. The molecule has 21 heavy (non-hydrogen) atoms. The van der Waals surface area contributed by atoms with Crippen molar-refractivity contribution in [2.75, 3.05) is 5.32 Å². The van der Waals surface area contributed by atoms with E-state index in [4.69, 9.17) is 16.7 Å². The molecule has 0 unspecified atom stereocenters. The van der Waals surface area contributed by atoms with Gasteiger partial charge in [-0.15, -0.1) is 11.3 Å². The Morgan fingerprint density at radius 2 is 2.19 bits per heavy atom. The third kappa shape index (κ3) is 4.30. The summed E-state index contributed by atoms with van der Waals surface area (Å²) < 4.78 is 28.4. The smallest absolute Gasteiger partial charge is 0.387 e. The van der Waals surface area contributed by atoms with Gasteiger partial charge in [0.05, 0.1) is 10.6 Å². The van der Waals surface area contributed by atoms with Crippen LogP contribution in [0.3, 0.4) is 0 Å². The van der Waals surface area contributed by atoms with Crippen molar-refractivity contribution >= 4 is 34.6 Å². The van der Waals surface area contributed by atoms with Crippen molar-refractivity contribution in [3.05, 3.63) is 45.1 Å². The lowest BCUT2D eigenvalue weighted by Gasteiger charge is -2.09. The van der Waals surface area contributed by atoms with E-state index in [0.717, 1.165) is 4.88 Å². The lowest BCUT2D eigenvalue weighted by molar-refractivity contribution is -0.0497. The summed E-state index contributed by atoms with van der Waals surface area (Å²) in [6.07, 6.45) is 0. The minimum atomic E-state index is -2.93. The summed E-state index contributed by atoms with van der Waals surface area (Å²) in [6.45, 7) is -2.52.